The molecule has 0 fully saturated rings. The first-order valence-corrected chi connectivity index (χ1v) is 7.32. The van der Waals surface area contributed by atoms with E-state index in [4.69, 9.17) is 5.73 Å². The molecule has 0 radical (unpaired) electrons. The predicted molar refractivity (Wildman–Crippen MR) is 88.0 cm³/mol. The number of hydrogen-bond donors (Lipinski definition) is 2. The Labute approximate surface area is 134 Å². The topological polar surface area (TPSA) is 114 Å². The Balaban J connectivity index is 1.86. The van der Waals surface area contributed by atoms with Crippen molar-refractivity contribution >= 4 is 23.8 Å². The minimum atomic E-state index is -0.363. The monoisotopic (exact) mass is 316 g/mol. The van der Waals surface area contributed by atoms with Gasteiger partial charge in [-0.3, -0.25) is 4.79 Å². The van der Waals surface area contributed by atoms with Gasteiger partial charge >= 0.3 is 0 Å². The minimum absolute atomic E-state index is 0.0228. The molecule has 1 heterocycles. The molecule has 23 heavy (non-hydrogen) atoms. The van der Waals surface area contributed by atoms with Crippen LogP contribution in [-0.2, 0) is 11.3 Å². The van der Waals surface area contributed by atoms with E-state index in [1.165, 1.54) is 0 Å². The van der Waals surface area contributed by atoms with Gasteiger partial charge in [0.15, 0.2) is 0 Å². The standard InChI is InChI=1S/C14H20N8O/c1-3-21(4-2)12-7-5-11(6-8-12)9-16-17-13(23)10-22-19-14(15)18-20-22/h5-9H,3-4,10H2,1-2H3,(H2,15,19)(H,17,23). The van der Waals surface area contributed by atoms with Crippen molar-refractivity contribution in [2.45, 2.75) is 20.4 Å². The third-order valence-corrected chi connectivity index (χ3v) is 3.18. The molecule has 1 aromatic heterocycles. The van der Waals surface area contributed by atoms with Gasteiger partial charge in [-0.25, -0.2) is 5.43 Å². The normalized spacial score (nSPS) is 10.9. The summed E-state index contributed by atoms with van der Waals surface area (Å²) in [6.07, 6.45) is 1.58. The maximum absolute atomic E-state index is 11.6. The summed E-state index contributed by atoms with van der Waals surface area (Å²) >= 11 is 0. The van der Waals surface area contributed by atoms with Crippen LogP contribution in [0.5, 0.6) is 0 Å². The van der Waals surface area contributed by atoms with E-state index in [-0.39, 0.29) is 18.4 Å². The zero-order valence-electron chi connectivity index (χ0n) is 13.2. The molecule has 0 aliphatic rings. The molecule has 0 bridgehead atoms. The number of hydrogen-bond acceptors (Lipinski definition) is 7. The van der Waals surface area contributed by atoms with E-state index in [9.17, 15) is 4.79 Å². The molecule has 0 unspecified atom stereocenters. The third kappa shape index (κ3) is 4.77. The molecule has 0 atom stereocenters. The number of carbonyl (C=O) groups excluding carboxylic acids is 1. The molecule has 122 valence electrons. The smallest absolute Gasteiger partial charge is 0.263 e. The van der Waals surface area contributed by atoms with Gasteiger partial charge in [0, 0.05) is 18.8 Å². The van der Waals surface area contributed by atoms with Gasteiger partial charge in [0.2, 0.25) is 0 Å². The number of benzene rings is 1. The second kappa shape index (κ2) is 7.87. The fourth-order valence-electron chi connectivity index (χ4n) is 2.03. The number of hydrazone groups is 1. The van der Waals surface area contributed by atoms with E-state index in [0.29, 0.717) is 0 Å². The number of nitrogens with one attached hydrogen (secondary N) is 1. The highest BCUT2D eigenvalue weighted by Gasteiger charge is 2.04. The van der Waals surface area contributed by atoms with Gasteiger partial charge < -0.3 is 10.6 Å². The quantitative estimate of drug-likeness (QED) is 0.559. The molecule has 1 aromatic carbocycles. The molecule has 0 spiro atoms. The van der Waals surface area contributed by atoms with Crippen LogP contribution in [0.2, 0.25) is 0 Å². The summed E-state index contributed by atoms with van der Waals surface area (Å²) in [4.78, 5) is 15.0. The SMILES string of the molecule is CCN(CC)c1ccc(C=NNC(=O)Cn2nnc(N)n2)cc1. The molecule has 0 saturated carbocycles. The van der Waals surface area contributed by atoms with Gasteiger partial charge in [0.05, 0.1) is 6.21 Å². The largest absolute Gasteiger partial charge is 0.372 e. The number of nitrogens with two attached hydrogens (primary N) is 1. The fraction of sp³-hybridized carbons (Fsp3) is 0.357. The van der Waals surface area contributed by atoms with Crippen molar-refractivity contribution in [1.82, 2.24) is 25.6 Å². The lowest BCUT2D eigenvalue weighted by molar-refractivity contribution is -0.122. The van der Waals surface area contributed by atoms with Gasteiger partial charge in [0.1, 0.15) is 6.54 Å². The number of anilines is 2. The Morgan fingerprint density at radius 1 is 1.35 bits per heavy atom. The molecule has 0 aliphatic carbocycles. The van der Waals surface area contributed by atoms with Gasteiger partial charge in [-0.1, -0.05) is 17.2 Å². The van der Waals surface area contributed by atoms with Crippen LogP contribution in [0.1, 0.15) is 19.4 Å². The van der Waals surface area contributed by atoms with Crippen LogP contribution in [0.4, 0.5) is 11.6 Å². The number of nitrogens with zero attached hydrogens (tertiary/aromatic N) is 6. The lowest BCUT2D eigenvalue weighted by Crippen LogP contribution is -2.24. The van der Waals surface area contributed by atoms with Gasteiger partial charge in [0.25, 0.3) is 11.9 Å². The van der Waals surface area contributed by atoms with E-state index >= 15 is 0 Å². The number of nitrogen functional groups attached to an aromatic ring is 1. The molecule has 3 N–H and O–H groups in total. The van der Waals surface area contributed by atoms with Crippen molar-refractivity contribution in [3.63, 3.8) is 0 Å². The van der Waals surface area contributed by atoms with Crippen LogP contribution < -0.4 is 16.1 Å². The summed E-state index contributed by atoms with van der Waals surface area (Å²) in [5.74, 6) is -0.340. The summed E-state index contributed by atoms with van der Waals surface area (Å²) < 4.78 is 0. The van der Waals surface area contributed by atoms with Crippen LogP contribution in [0.3, 0.4) is 0 Å². The summed E-state index contributed by atoms with van der Waals surface area (Å²) in [5, 5.41) is 14.7. The van der Waals surface area contributed by atoms with Gasteiger partial charge in [-0.15, -0.1) is 5.10 Å². The maximum atomic E-state index is 11.6. The molecule has 9 nitrogen and oxygen atoms in total. The number of aromatic nitrogens is 4. The van der Waals surface area contributed by atoms with Crippen LogP contribution in [0.15, 0.2) is 29.4 Å². The molecule has 2 aromatic rings. The number of tetrazole rings is 1. The Morgan fingerprint density at radius 2 is 2.04 bits per heavy atom. The van der Waals surface area contributed by atoms with Crippen LogP contribution in [-0.4, -0.2) is 45.4 Å². The Morgan fingerprint density at radius 3 is 2.61 bits per heavy atom. The zero-order chi connectivity index (χ0) is 16.7. The first-order chi connectivity index (χ1) is 11.1. The molecular weight excluding hydrogens is 296 g/mol. The van der Waals surface area contributed by atoms with Crippen molar-refractivity contribution in [3.05, 3.63) is 29.8 Å². The molecular formula is C14H20N8O. The molecule has 0 saturated heterocycles. The van der Waals surface area contributed by atoms with E-state index in [0.717, 1.165) is 29.1 Å². The highest BCUT2D eigenvalue weighted by molar-refractivity contribution is 5.82. The Bertz CT molecular complexity index is 660. The molecule has 2 rings (SSSR count). The van der Waals surface area contributed by atoms with E-state index in [1.54, 1.807) is 6.21 Å². The fourth-order valence-corrected chi connectivity index (χ4v) is 2.03. The summed E-state index contributed by atoms with van der Waals surface area (Å²) in [6.45, 7) is 6.06. The lowest BCUT2D eigenvalue weighted by atomic mass is 10.2. The van der Waals surface area contributed by atoms with Crippen LogP contribution >= 0.6 is 0 Å². The summed E-state index contributed by atoms with van der Waals surface area (Å²) in [7, 11) is 0. The first-order valence-electron chi connectivity index (χ1n) is 7.32. The van der Waals surface area contributed by atoms with Crippen LogP contribution in [0.25, 0.3) is 0 Å². The van der Waals surface area contributed by atoms with E-state index < -0.39 is 0 Å². The van der Waals surface area contributed by atoms with E-state index in [1.807, 2.05) is 24.3 Å². The summed E-state index contributed by atoms with van der Waals surface area (Å²) in [5.41, 5.74) is 9.76. The lowest BCUT2D eigenvalue weighted by Gasteiger charge is -2.20. The second-order valence-electron chi connectivity index (χ2n) is 4.74. The second-order valence-corrected chi connectivity index (χ2v) is 4.74. The highest BCUT2D eigenvalue weighted by atomic mass is 16.2. The number of rotatable bonds is 7. The average molecular weight is 316 g/mol. The Kier molecular flexibility index (Phi) is 5.61. The van der Waals surface area contributed by atoms with Crippen molar-refractivity contribution in [3.8, 4) is 0 Å². The van der Waals surface area contributed by atoms with Crippen LogP contribution in [0, 0.1) is 0 Å². The first kappa shape index (κ1) is 16.4. The number of amides is 1. The Hall–Kier alpha value is -2.97. The average Bonchev–Trinajstić information content (AvgIpc) is 2.95. The van der Waals surface area contributed by atoms with Gasteiger partial charge in [-0.2, -0.15) is 9.90 Å². The van der Waals surface area contributed by atoms with Crippen molar-refractivity contribution in [1.29, 1.82) is 0 Å². The maximum Gasteiger partial charge on any atom is 0.263 e. The minimum Gasteiger partial charge on any atom is -0.372 e. The molecule has 0 aliphatic heterocycles. The molecule has 1 amide bonds. The number of carbonyl (C=O) groups is 1. The predicted octanol–water partition coefficient (Wildman–Crippen LogP) is 0.252. The van der Waals surface area contributed by atoms with Crippen molar-refractivity contribution in [2.75, 3.05) is 23.7 Å². The van der Waals surface area contributed by atoms with Crippen molar-refractivity contribution < 1.29 is 4.79 Å². The highest BCUT2D eigenvalue weighted by Crippen LogP contribution is 2.13. The third-order valence-electron chi connectivity index (χ3n) is 3.18. The van der Waals surface area contributed by atoms with Gasteiger partial charge in [-0.05, 0) is 36.8 Å². The van der Waals surface area contributed by atoms with Crippen molar-refractivity contribution in [2.24, 2.45) is 5.10 Å². The van der Waals surface area contributed by atoms with E-state index in [2.05, 4.69) is 44.7 Å². The summed E-state index contributed by atoms with van der Waals surface area (Å²) in [6, 6.07) is 7.95. The zero-order valence-corrected chi connectivity index (χ0v) is 13.2. The molecule has 9 heteroatoms.